The fraction of sp³-hybridized carbons (Fsp3) is 0.643. The van der Waals surface area contributed by atoms with E-state index in [4.69, 9.17) is 0 Å². The molecule has 2 fully saturated rings. The molecule has 2 heteroatoms. The quantitative estimate of drug-likeness (QED) is 0.835. The van der Waals surface area contributed by atoms with Gasteiger partial charge in [-0.2, -0.15) is 0 Å². The Balaban J connectivity index is 1.63. The zero-order valence-corrected chi connectivity index (χ0v) is 9.89. The molecule has 0 aromatic carbocycles. The second kappa shape index (κ2) is 4.17. The number of pyridine rings is 1. The minimum absolute atomic E-state index is 0.650. The number of hydrogen-bond acceptors (Lipinski definition) is 2. The third kappa shape index (κ3) is 1.99. The van der Waals surface area contributed by atoms with Crippen molar-refractivity contribution in [1.82, 2.24) is 10.3 Å². The molecule has 2 aliphatic rings. The average Bonchev–Trinajstić information content (AvgIpc) is 2.94. The Morgan fingerprint density at radius 2 is 2.19 bits per heavy atom. The molecule has 3 atom stereocenters. The highest BCUT2D eigenvalue weighted by Crippen LogP contribution is 2.55. The zero-order chi connectivity index (χ0) is 11.0. The van der Waals surface area contributed by atoms with Crippen LogP contribution in [0.5, 0.6) is 0 Å². The minimum Gasteiger partial charge on any atom is -0.316 e. The lowest BCUT2D eigenvalue weighted by Gasteiger charge is -2.24. The van der Waals surface area contributed by atoms with E-state index in [1.165, 1.54) is 24.8 Å². The van der Waals surface area contributed by atoms with Crippen molar-refractivity contribution in [2.75, 3.05) is 7.05 Å². The average molecular weight is 216 g/mol. The fourth-order valence-electron chi connectivity index (χ4n) is 3.37. The molecule has 1 N–H and O–H groups in total. The zero-order valence-electron chi connectivity index (χ0n) is 9.89. The van der Waals surface area contributed by atoms with Crippen molar-refractivity contribution in [2.24, 2.45) is 17.8 Å². The van der Waals surface area contributed by atoms with Gasteiger partial charge in [-0.3, -0.25) is 4.98 Å². The van der Waals surface area contributed by atoms with Crippen LogP contribution in [0.25, 0.3) is 0 Å². The molecule has 1 aromatic rings. The maximum Gasteiger partial charge on any atom is 0.0300 e. The number of aromatic nitrogens is 1. The van der Waals surface area contributed by atoms with Gasteiger partial charge in [0.05, 0.1) is 0 Å². The third-order valence-electron chi connectivity index (χ3n) is 4.40. The van der Waals surface area contributed by atoms with E-state index in [2.05, 4.69) is 23.4 Å². The lowest BCUT2D eigenvalue weighted by molar-refractivity contribution is 0.349. The van der Waals surface area contributed by atoms with Crippen molar-refractivity contribution in [1.29, 1.82) is 0 Å². The highest BCUT2D eigenvalue weighted by molar-refractivity contribution is 5.11. The molecule has 2 aliphatic carbocycles. The van der Waals surface area contributed by atoms with E-state index < -0.39 is 0 Å². The van der Waals surface area contributed by atoms with Gasteiger partial charge in [0.25, 0.3) is 0 Å². The largest absolute Gasteiger partial charge is 0.316 e. The summed E-state index contributed by atoms with van der Waals surface area (Å²) in [6.07, 6.45) is 9.41. The van der Waals surface area contributed by atoms with Crippen molar-refractivity contribution in [2.45, 2.75) is 31.7 Å². The van der Waals surface area contributed by atoms with Crippen LogP contribution in [0.1, 0.15) is 24.8 Å². The van der Waals surface area contributed by atoms with E-state index >= 15 is 0 Å². The van der Waals surface area contributed by atoms with E-state index in [9.17, 15) is 0 Å². The molecule has 0 amide bonds. The molecule has 2 nitrogen and oxygen atoms in total. The standard InChI is InChI=1S/C14H20N2/c1-15-14(5-10-3-2-4-16-9-10)13-7-11-6-12(11)8-13/h2-4,9,11-15H,5-8H2,1H3. The molecule has 0 bridgehead atoms. The van der Waals surface area contributed by atoms with Crippen LogP contribution in [0.15, 0.2) is 24.5 Å². The molecule has 86 valence electrons. The van der Waals surface area contributed by atoms with Crippen molar-refractivity contribution in [3.05, 3.63) is 30.1 Å². The summed E-state index contributed by atoms with van der Waals surface area (Å²) in [6, 6.07) is 4.87. The first kappa shape index (κ1) is 10.3. The number of hydrogen-bond donors (Lipinski definition) is 1. The number of nitrogens with one attached hydrogen (secondary N) is 1. The molecule has 16 heavy (non-hydrogen) atoms. The van der Waals surface area contributed by atoms with Crippen LogP contribution in [-0.2, 0) is 6.42 Å². The van der Waals surface area contributed by atoms with Gasteiger partial charge in [0.1, 0.15) is 0 Å². The Labute approximate surface area is 97.5 Å². The fourth-order valence-corrected chi connectivity index (χ4v) is 3.37. The van der Waals surface area contributed by atoms with Crippen molar-refractivity contribution >= 4 is 0 Å². The number of likely N-dealkylation sites (N-methyl/N-ethyl adjacent to an activating group) is 1. The van der Waals surface area contributed by atoms with Gasteiger partial charge in [-0.25, -0.2) is 0 Å². The maximum absolute atomic E-state index is 4.19. The second-order valence-electron chi connectivity index (χ2n) is 5.45. The minimum atomic E-state index is 0.650. The van der Waals surface area contributed by atoms with Crippen molar-refractivity contribution in [3.63, 3.8) is 0 Å². The normalized spacial score (nSPS) is 33.4. The molecule has 0 radical (unpaired) electrons. The first-order valence-corrected chi connectivity index (χ1v) is 6.43. The van der Waals surface area contributed by atoms with Gasteiger partial charge >= 0.3 is 0 Å². The predicted octanol–water partition coefficient (Wildman–Crippen LogP) is 2.26. The van der Waals surface area contributed by atoms with Crippen molar-refractivity contribution < 1.29 is 0 Å². The van der Waals surface area contributed by atoms with Crippen LogP contribution in [0, 0.1) is 17.8 Å². The highest BCUT2D eigenvalue weighted by atomic mass is 14.9. The third-order valence-corrected chi connectivity index (χ3v) is 4.40. The summed E-state index contributed by atoms with van der Waals surface area (Å²) in [5.41, 5.74) is 1.36. The van der Waals surface area contributed by atoms with Gasteiger partial charge in [-0.05, 0) is 62.1 Å². The first-order chi connectivity index (χ1) is 7.86. The molecular weight excluding hydrogens is 196 g/mol. The van der Waals surface area contributed by atoms with Crippen molar-refractivity contribution in [3.8, 4) is 0 Å². The van der Waals surface area contributed by atoms with E-state index in [1.54, 1.807) is 0 Å². The van der Waals surface area contributed by atoms with Gasteiger partial charge in [0.2, 0.25) is 0 Å². The monoisotopic (exact) mass is 216 g/mol. The summed E-state index contributed by atoms with van der Waals surface area (Å²) in [7, 11) is 2.10. The van der Waals surface area contributed by atoms with E-state index in [-0.39, 0.29) is 0 Å². The second-order valence-corrected chi connectivity index (χ2v) is 5.45. The summed E-state index contributed by atoms with van der Waals surface area (Å²) < 4.78 is 0. The number of nitrogens with zero attached hydrogens (tertiary/aromatic N) is 1. The Morgan fingerprint density at radius 1 is 1.38 bits per heavy atom. The van der Waals surface area contributed by atoms with E-state index in [1.807, 2.05) is 18.5 Å². The number of rotatable bonds is 4. The summed E-state index contributed by atoms with van der Waals surface area (Å²) >= 11 is 0. The Bertz CT molecular complexity index is 339. The summed E-state index contributed by atoms with van der Waals surface area (Å²) in [5, 5.41) is 3.51. The summed E-state index contributed by atoms with van der Waals surface area (Å²) in [6.45, 7) is 0. The highest BCUT2D eigenvalue weighted by Gasteiger charge is 2.47. The van der Waals surface area contributed by atoms with Gasteiger partial charge in [0, 0.05) is 18.4 Å². The number of fused-ring (bicyclic) bond motifs is 1. The Morgan fingerprint density at radius 3 is 2.81 bits per heavy atom. The SMILES string of the molecule is CNC(Cc1cccnc1)C1CC2CC2C1. The van der Waals surface area contributed by atoms with E-state index in [0.717, 1.165) is 24.2 Å². The topological polar surface area (TPSA) is 24.9 Å². The van der Waals surface area contributed by atoms with Crippen LogP contribution in [-0.4, -0.2) is 18.1 Å². The van der Waals surface area contributed by atoms with Gasteiger partial charge in [-0.1, -0.05) is 6.07 Å². The van der Waals surface area contributed by atoms with Crippen LogP contribution in [0.2, 0.25) is 0 Å². The molecule has 0 aliphatic heterocycles. The molecule has 3 unspecified atom stereocenters. The molecule has 3 rings (SSSR count). The molecular formula is C14H20N2. The maximum atomic E-state index is 4.19. The van der Waals surface area contributed by atoms with Gasteiger partial charge < -0.3 is 5.32 Å². The van der Waals surface area contributed by atoms with Gasteiger partial charge in [-0.15, -0.1) is 0 Å². The lowest BCUT2D eigenvalue weighted by Crippen LogP contribution is -2.35. The predicted molar refractivity (Wildman–Crippen MR) is 65.1 cm³/mol. The summed E-state index contributed by atoms with van der Waals surface area (Å²) in [4.78, 5) is 4.19. The Hall–Kier alpha value is -0.890. The summed E-state index contributed by atoms with van der Waals surface area (Å²) in [5.74, 6) is 3.05. The molecule has 1 aromatic heterocycles. The van der Waals surface area contributed by atoms with Crippen LogP contribution in [0.3, 0.4) is 0 Å². The molecule has 0 saturated heterocycles. The van der Waals surface area contributed by atoms with Crippen LogP contribution >= 0.6 is 0 Å². The first-order valence-electron chi connectivity index (χ1n) is 6.43. The molecule has 2 saturated carbocycles. The van der Waals surface area contributed by atoms with Crippen LogP contribution < -0.4 is 5.32 Å². The smallest absolute Gasteiger partial charge is 0.0300 e. The Kier molecular flexibility index (Phi) is 2.68. The van der Waals surface area contributed by atoms with E-state index in [0.29, 0.717) is 6.04 Å². The lowest BCUT2D eigenvalue weighted by atomic mass is 9.90. The molecule has 0 spiro atoms. The molecule has 1 heterocycles. The van der Waals surface area contributed by atoms with Crippen LogP contribution in [0.4, 0.5) is 0 Å². The van der Waals surface area contributed by atoms with Gasteiger partial charge in [0.15, 0.2) is 0 Å².